The third-order valence-electron chi connectivity index (χ3n) is 3.76. The summed E-state index contributed by atoms with van der Waals surface area (Å²) in [5.74, 6) is -0.196. The number of carbonyl (C=O) groups is 1. The Bertz CT molecular complexity index is 866. The number of carbonyl (C=O) groups excluding carboxylic acids is 1. The van der Waals surface area contributed by atoms with Crippen LogP contribution in [0.25, 0.3) is 0 Å². The van der Waals surface area contributed by atoms with Gasteiger partial charge in [-0.2, -0.15) is 0 Å². The lowest BCUT2D eigenvalue weighted by atomic mass is 10.2. The molecule has 0 spiro atoms. The van der Waals surface area contributed by atoms with Gasteiger partial charge >= 0.3 is 0 Å². The van der Waals surface area contributed by atoms with E-state index in [0.29, 0.717) is 12.3 Å². The van der Waals surface area contributed by atoms with Gasteiger partial charge in [0.1, 0.15) is 18.1 Å². The fourth-order valence-corrected chi connectivity index (χ4v) is 3.72. The van der Waals surface area contributed by atoms with Gasteiger partial charge in [0.05, 0.1) is 17.7 Å². The third kappa shape index (κ3) is 5.43. The highest BCUT2D eigenvalue weighted by Crippen LogP contribution is 2.25. The first-order valence-electron chi connectivity index (χ1n) is 8.43. The van der Waals surface area contributed by atoms with Crippen LogP contribution < -0.4 is 14.4 Å². The predicted molar refractivity (Wildman–Crippen MR) is 102 cm³/mol. The molecule has 146 valence electrons. The first-order valence-corrected chi connectivity index (χ1v) is 9.87. The van der Waals surface area contributed by atoms with Gasteiger partial charge in [-0.25, -0.2) is 12.8 Å². The van der Waals surface area contributed by atoms with E-state index >= 15 is 0 Å². The highest BCUT2D eigenvalue weighted by atomic mass is 32.2. The Morgan fingerprint density at radius 1 is 1.11 bits per heavy atom. The lowest BCUT2D eigenvalue weighted by molar-refractivity contribution is -0.119. The molecular formula is C19H23FN2O4S. The highest BCUT2D eigenvalue weighted by Gasteiger charge is 2.27. The molecule has 0 aliphatic heterocycles. The predicted octanol–water partition coefficient (Wildman–Crippen LogP) is 2.80. The van der Waals surface area contributed by atoms with Gasteiger partial charge in [0.15, 0.2) is 0 Å². The third-order valence-corrected chi connectivity index (χ3v) is 5.54. The molecule has 0 aliphatic carbocycles. The van der Waals surface area contributed by atoms with Crippen LogP contribution in [0.1, 0.15) is 13.8 Å². The number of anilines is 1. The molecule has 0 radical (unpaired) electrons. The number of amides is 1. The number of sulfonamides is 1. The van der Waals surface area contributed by atoms with Gasteiger partial charge in [-0.15, -0.1) is 0 Å². The number of nitrogens with one attached hydrogen (secondary N) is 1. The van der Waals surface area contributed by atoms with E-state index in [1.165, 1.54) is 43.5 Å². The molecule has 27 heavy (non-hydrogen) atoms. The minimum absolute atomic E-state index is 0.00397. The fourth-order valence-electron chi connectivity index (χ4n) is 2.30. The first kappa shape index (κ1) is 20.7. The van der Waals surface area contributed by atoms with Crippen molar-refractivity contribution in [3.63, 3.8) is 0 Å². The van der Waals surface area contributed by atoms with Crippen molar-refractivity contribution in [1.82, 2.24) is 5.32 Å². The average molecular weight is 394 g/mol. The minimum Gasteiger partial charge on any atom is -0.497 e. The second-order valence-corrected chi connectivity index (χ2v) is 8.22. The number of ether oxygens (including phenoxy) is 1. The highest BCUT2D eigenvalue weighted by molar-refractivity contribution is 7.92. The van der Waals surface area contributed by atoms with Crippen LogP contribution in [0.3, 0.4) is 0 Å². The standard InChI is InChI=1S/C19H23FN2O4S/c1-14(2)12-21-19(23)13-22(16-6-4-15(20)5-7-16)27(24,25)18-10-8-17(26-3)9-11-18/h4-11,14H,12-13H2,1-3H3,(H,21,23). The topological polar surface area (TPSA) is 75.7 Å². The van der Waals surface area contributed by atoms with Crippen molar-refractivity contribution in [1.29, 1.82) is 0 Å². The number of nitrogens with zero attached hydrogens (tertiary/aromatic N) is 1. The molecule has 2 aromatic rings. The van der Waals surface area contributed by atoms with Crippen LogP contribution >= 0.6 is 0 Å². The number of hydrogen-bond donors (Lipinski definition) is 1. The Morgan fingerprint density at radius 3 is 2.22 bits per heavy atom. The zero-order valence-electron chi connectivity index (χ0n) is 15.5. The van der Waals surface area contributed by atoms with E-state index in [1.807, 2.05) is 13.8 Å². The molecule has 1 N–H and O–H groups in total. The molecule has 0 fully saturated rings. The van der Waals surface area contributed by atoms with Crippen LogP contribution in [0, 0.1) is 11.7 Å². The summed E-state index contributed by atoms with van der Waals surface area (Å²) >= 11 is 0. The van der Waals surface area contributed by atoms with E-state index < -0.39 is 28.3 Å². The van der Waals surface area contributed by atoms with Crippen molar-refractivity contribution >= 4 is 21.6 Å². The molecule has 0 bridgehead atoms. The summed E-state index contributed by atoms with van der Waals surface area (Å²) in [7, 11) is -2.55. The van der Waals surface area contributed by atoms with E-state index in [-0.39, 0.29) is 16.5 Å². The summed E-state index contributed by atoms with van der Waals surface area (Å²) < 4.78 is 45.5. The maximum Gasteiger partial charge on any atom is 0.264 e. The molecule has 2 rings (SSSR count). The van der Waals surface area contributed by atoms with Crippen LogP contribution in [0.5, 0.6) is 5.75 Å². The number of rotatable bonds is 8. The molecule has 0 unspecified atom stereocenters. The van der Waals surface area contributed by atoms with E-state index in [9.17, 15) is 17.6 Å². The molecule has 6 nitrogen and oxygen atoms in total. The zero-order chi connectivity index (χ0) is 20.0. The molecular weight excluding hydrogens is 371 g/mol. The van der Waals surface area contributed by atoms with Gasteiger partial charge in [0.25, 0.3) is 10.0 Å². The van der Waals surface area contributed by atoms with Crippen LogP contribution in [-0.2, 0) is 14.8 Å². The lowest BCUT2D eigenvalue weighted by Crippen LogP contribution is -2.41. The monoisotopic (exact) mass is 394 g/mol. The fraction of sp³-hybridized carbons (Fsp3) is 0.316. The molecule has 0 aromatic heterocycles. The summed E-state index contributed by atoms with van der Waals surface area (Å²) in [5.41, 5.74) is 0.201. The molecule has 2 aromatic carbocycles. The second kappa shape index (κ2) is 8.85. The lowest BCUT2D eigenvalue weighted by Gasteiger charge is -2.24. The second-order valence-electron chi connectivity index (χ2n) is 6.36. The van der Waals surface area contributed by atoms with E-state index in [0.717, 1.165) is 16.4 Å². The number of methoxy groups -OCH3 is 1. The van der Waals surface area contributed by atoms with Gasteiger partial charge in [-0.1, -0.05) is 13.8 Å². The van der Waals surface area contributed by atoms with Crippen LogP contribution in [0.4, 0.5) is 10.1 Å². The number of benzene rings is 2. The number of hydrogen-bond acceptors (Lipinski definition) is 4. The van der Waals surface area contributed by atoms with E-state index in [2.05, 4.69) is 5.32 Å². The molecule has 0 saturated carbocycles. The van der Waals surface area contributed by atoms with Gasteiger partial charge < -0.3 is 10.1 Å². The Kier molecular flexibility index (Phi) is 6.79. The van der Waals surface area contributed by atoms with Gasteiger partial charge in [-0.3, -0.25) is 9.10 Å². The first-order chi connectivity index (χ1) is 12.7. The molecule has 0 atom stereocenters. The number of halogens is 1. The molecule has 0 aliphatic rings. The smallest absolute Gasteiger partial charge is 0.264 e. The van der Waals surface area contributed by atoms with Crippen molar-refractivity contribution < 1.29 is 22.3 Å². The summed E-state index contributed by atoms with van der Waals surface area (Å²) in [5, 5.41) is 2.70. The van der Waals surface area contributed by atoms with Gasteiger partial charge in [0, 0.05) is 6.54 Å². The molecule has 8 heteroatoms. The van der Waals surface area contributed by atoms with Crippen molar-refractivity contribution in [3.05, 3.63) is 54.3 Å². The Morgan fingerprint density at radius 2 is 1.70 bits per heavy atom. The maximum atomic E-state index is 13.3. The molecule has 1 amide bonds. The zero-order valence-corrected chi connectivity index (χ0v) is 16.3. The van der Waals surface area contributed by atoms with Crippen molar-refractivity contribution in [3.8, 4) is 5.75 Å². The Labute approximate surface area is 159 Å². The van der Waals surface area contributed by atoms with Crippen molar-refractivity contribution in [2.45, 2.75) is 18.7 Å². The molecule has 0 saturated heterocycles. The summed E-state index contributed by atoms with van der Waals surface area (Å²) in [6.07, 6.45) is 0. The van der Waals surface area contributed by atoms with Crippen molar-refractivity contribution in [2.24, 2.45) is 5.92 Å². The minimum atomic E-state index is -4.03. The van der Waals surface area contributed by atoms with E-state index in [1.54, 1.807) is 0 Å². The maximum absolute atomic E-state index is 13.3. The largest absolute Gasteiger partial charge is 0.497 e. The van der Waals surface area contributed by atoms with Crippen LogP contribution in [0.2, 0.25) is 0 Å². The summed E-state index contributed by atoms with van der Waals surface area (Å²) in [6, 6.07) is 10.8. The Balaban J connectivity index is 2.37. The average Bonchev–Trinajstić information content (AvgIpc) is 2.65. The van der Waals surface area contributed by atoms with Gasteiger partial charge in [-0.05, 0) is 54.4 Å². The SMILES string of the molecule is COc1ccc(S(=O)(=O)N(CC(=O)NCC(C)C)c2ccc(F)cc2)cc1. The normalized spacial score (nSPS) is 11.3. The van der Waals surface area contributed by atoms with Crippen molar-refractivity contribution in [2.75, 3.05) is 24.5 Å². The van der Waals surface area contributed by atoms with Crippen LogP contribution in [0.15, 0.2) is 53.4 Å². The summed E-state index contributed by atoms with van der Waals surface area (Å²) in [4.78, 5) is 12.3. The van der Waals surface area contributed by atoms with E-state index in [4.69, 9.17) is 4.74 Å². The summed E-state index contributed by atoms with van der Waals surface area (Å²) in [6.45, 7) is 3.89. The van der Waals surface area contributed by atoms with Crippen LogP contribution in [-0.4, -0.2) is 34.5 Å². The molecule has 0 heterocycles. The quantitative estimate of drug-likeness (QED) is 0.747. The van der Waals surface area contributed by atoms with Gasteiger partial charge in [0.2, 0.25) is 5.91 Å². The Hall–Kier alpha value is -2.61.